The smallest absolute Gasteiger partial charge is 0.256 e. The van der Waals surface area contributed by atoms with Gasteiger partial charge in [-0.15, -0.1) is 0 Å². The fraction of sp³-hybridized carbons (Fsp3) is 0.500. The summed E-state index contributed by atoms with van der Waals surface area (Å²) in [7, 11) is 3.47. The highest BCUT2D eigenvalue weighted by atomic mass is 16.5. The van der Waals surface area contributed by atoms with Crippen molar-refractivity contribution in [2.45, 2.75) is 19.1 Å². The number of nitrogens with zero attached hydrogens (tertiary/aromatic N) is 4. The van der Waals surface area contributed by atoms with E-state index in [2.05, 4.69) is 27.1 Å². The molecule has 1 amide bonds. The van der Waals surface area contributed by atoms with Gasteiger partial charge in [-0.2, -0.15) is 0 Å². The third-order valence-corrected chi connectivity index (χ3v) is 4.69. The minimum Gasteiger partial charge on any atom is -0.480 e. The number of likely N-dealkylation sites (N-methyl/N-ethyl adjacent to an activating group) is 1. The molecule has 1 aliphatic heterocycles. The van der Waals surface area contributed by atoms with Crippen molar-refractivity contribution in [2.75, 3.05) is 33.4 Å². The quantitative estimate of drug-likeness (QED) is 0.829. The predicted molar refractivity (Wildman–Crippen MR) is 96.1 cm³/mol. The number of morpholine rings is 1. The molecule has 1 saturated heterocycles. The molecule has 1 aliphatic rings. The number of hydrogen-bond acceptors (Lipinski definition) is 6. The number of ether oxygens (including phenoxy) is 2. The summed E-state index contributed by atoms with van der Waals surface area (Å²) in [5.74, 6) is 0.0869. The molecule has 0 unspecified atom stereocenters. The van der Waals surface area contributed by atoms with Crippen molar-refractivity contribution in [1.82, 2.24) is 24.8 Å². The zero-order chi connectivity index (χ0) is 18.5. The predicted octanol–water partition coefficient (Wildman–Crippen LogP) is 1.02. The number of carbonyl (C=O) groups is 1. The summed E-state index contributed by atoms with van der Waals surface area (Å²) in [5, 5.41) is 2.96. The number of aryl methyl sites for hydroxylation is 1. The molecule has 8 nitrogen and oxygen atoms in total. The van der Waals surface area contributed by atoms with Gasteiger partial charge in [0.05, 0.1) is 37.9 Å². The van der Waals surface area contributed by atoms with Crippen LogP contribution in [0.15, 0.2) is 30.9 Å². The lowest BCUT2D eigenvalue weighted by atomic mass is 10.0. The van der Waals surface area contributed by atoms with E-state index < -0.39 is 0 Å². The molecular formula is C18H25N5O3. The van der Waals surface area contributed by atoms with Crippen LogP contribution in [0.3, 0.4) is 0 Å². The van der Waals surface area contributed by atoms with E-state index >= 15 is 0 Å². The summed E-state index contributed by atoms with van der Waals surface area (Å²) in [5.41, 5.74) is 1.49. The van der Waals surface area contributed by atoms with Crippen molar-refractivity contribution in [3.05, 3.63) is 42.1 Å². The van der Waals surface area contributed by atoms with Crippen LogP contribution in [0.25, 0.3) is 0 Å². The fourth-order valence-electron chi connectivity index (χ4n) is 3.36. The van der Waals surface area contributed by atoms with E-state index in [1.807, 2.05) is 17.8 Å². The Morgan fingerprint density at radius 2 is 2.35 bits per heavy atom. The second-order valence-corrected chi connectivity index (χ2v) is 6.18. The van der Waals surface area contributed by atoms with Crippen LogP contribution < -0.4 is 10.1 Å². The van der Waals surface area contributed by atoms with Gasteiger partial charge in [-0.1, -0.05) is 6.92 Å². The van der Waals surface area contributed by atoms with Gasteiger partial charge in [0.1, 0.15) is 5.56 Å². The number of rotatable bonds is 6. The van der Waals surface area contributed by atoms with Crippen LogP contribution in [0.2, 0.25) is 0 Å². The summed E-state index contributed by atoms with van der Waals surface area (Å²) < 4.78 is 13.2. The molecule has 2 atom stereocenters. The van der Waals surface area contributed by atoms with Gasteiger partial charge < -0.3 is 19.4 Å². The van der Waals surface area contributed by atoms with Crippen LogP contribution in [0.1, 0.15) is 29.0 Å². The fourth-order valence-corrected chi connectivity index (χ4v) is 3.36. The average molecular weight is 359 g/mol. The Morgan fingerprint density at radius 3 is 3.04 bits per heavy atom. The molecule has 1 fully saturated rings. The molecule has 8 heteroatoms. The molecule has 3 heterocycles. The maximum Gasteiger partial charge on any atom is 0.256 e. The number of imidazole rings is 1. The number of amides is 1. The SMILES string of the molecule is CCN1CCO[C@@H](CNC(=O)c2cccnc2OC)[C@@H]1c1cncn1C. The maximum atomic E-state index is 12.6. The van der Waals surface area contributed by atoms with Crippen molar-refractivity contribution < 1.29 is 14.3 Å². The van der Waals surface area contributed by atoms with Crippen molar-refractivity contribution in [3.8, 4) is 5.88 Å². The number of carbonyl (C=O) groups excluding carboxylic acids is 1. The normalized spacial score (nSPS) is 20.7. The molecule has 140 valence electrons. The first-order valence-corrected chi connectivity index (χ1v) is 8.74. The first kappa shape index (κ1) is 18.3. The molecule has 0 bridgehead atoms. The minimum atomic E-state index is -0.226. The Kier molecular flexibility index (Phi) is 5.85. The van der Waals surface area contributed by atoms with Crippen LogP contribution in [0.5, 0.6) is 5.88 Å². The summed E-state index contributed by atoms with van der Waals surface area (Å²) >= 11 is 0. The minimum absolute atomic E-state index is 0.0392. The van der Waals surface area contributed by atoms with E-state index in [9.17, 15) is 4.79 Å². The van der Waals surface area contributed by atoms with Gasteiger partial charge in [0, 0.05) is 32.5 Å². The second-order valence-electron chi connectivity index (χ2n) is 6.18. The lowest BCUT2D eigenvalue weighted by Gasteiger charge is -2.40. The molecule has 0 aromatic carbocycles. The van der Waals surface area contributed by atoms with Crippen molar-refractivity contribution >= 4 is 5.91 Å². The van der Waals surface area contributed by atoms with E-state index in [-0.39, 0.29) is 18.1 Å². The molecule has 1 N–H and O–H groups in total. The van der Waals surface area contributed by atoms with Crippen LogP contribution in [0, 0.1) is 0 Å². The molecule has 3 rings (SSSR count). The lowest BCUT2D eigenvalue weighted by molar-refractivity contribution is -0.0706. The Balaban J connectivity index is 1.74. The van der Waals surface area contributed by atoms with Gasteiger partial charge in [-0.3, -0.25) is 9.69 Å². The number of nitrogens with one attached hydrogen (secondary N) is 1. The summed E-state index contributed by atoms with van der Waals surface area (Å²) in [6, 6.07) is 3.45. The van der Waals surface area contributed by atoms with E-state index in [0.717, 1.165) is 18.8 Å². The molecule has 0 radical (unpaired) electrons. The standard InChI is InChI=1S/C18H25N5O3/c1-4-23-8-9-26-15(16(23)14-10-19-12-22(14)2)11-21-17(24)13-6-5-7-20-18(13)25-3/h5-7,10,12,15-16H,4,8-9,11H2,1-3H3,(H,21,24)/t15-,16-/m0/s1. The molecule has 0 saturated carbocycles. The van der Waals surface area contributed by atoms with Crippen molar-refractivity contribution in [2.24, 2.45) is 7.05 Å². The molecular weight excluding hydrogens is 334 g/mol. The van der Waals surface area contributed by atoms with Gasteiger partial charge in [0.25, 0.3) is 5.91 Å². The van der Waals surface area contributed by atoms with Crippen LogP contribution in [-0.2, 0) is 11.8 Å². The van der Waals surface area contributed by atoms with Gasteiger partial charge in [0.15, 0.2) is 0 Å². The number of hydrogen-bond donors (Lipinski definition) is 1. The monoisotopic (exact) mass is 359 g/mol. The number of aromatic nitrogens is 3. The van der Waals surface area contributed by atoms with Gasteiger partial charge >= 0.3 is 0 Å². The van der Waals surface area contributed by atoms with Crippen molar-refractivity contribution in [1.29, 1.82) is 0 Å². The highest BCUT2D eigenvalue weighted by Crippen LogP contribution is 2.28. The van der Waals surface area contributed by atoms with E-state index in [1.165, 1.54) is 7.11 Å². The third-order valence-electron chi connectivity index (χ3n) is 4.69. The molecule has 26 heavy (non-hydrogen) atoms. The molecule has 0 aliphatic carbocycles. The zero-order valence-electron chi connectivity index (χ0n) is 15.4. The van der Waals surface area contributed by atoms with Crippen LogP contribution >= 0.6 is 0 Å². The van der Waals surface area contributed by atoms with E-state index in [4.69, 9.17) is 9.47 Å². The lowest BCUT2D eigenvalue weighted by Crippen LogP contribution is -2.50. The van der Waals surface area contributed by atoms with Gasteiger partial charge in [-0.25, -0.2) is 9.97 Å². The zero-order valence-corrected chi connectivity index (χ0v) is 15.4. The summed E-state index contributed by atoms with van der Waals surface area (Å²) in [6.07, 6.45) is 5.08. The highest BCUT2D eigenvalue weighted by Gasteiger charge is 2.34. The Bertz CT molecular complexity index is 748. The van der Waals surface area contributed by atoms with E-state index in [0.29, 0.717) is 24.6 Å². The van der Waals surface area contributed by atoms with E-state index in [1.54, 1.807) is 24.7 Å². The topological polar surface area (TPSA) is 81.5 Å². The van der Waals surface area contributed by atoms with Crippen LogP contribution in [0.4, 0.5) is 0 Å². The summed E-state index contributed by atoms with van der Waals surface area (Å²) in [4.78, 5) is 23.2. The van der Waals surface area contributed by atoms with Crippen LogP contribution in [-0.4, -0.2) is 64.8 Å². The Morgan fingerprint density at radius 1 is 1.50 bits per heavy atom. The first-order chi connectivity index (χ1) is 12.7. The van der Waals surface area contributed by atoms with Crippen molar-refractivity contribution in [3.63, 3.8) is 0 Å². The Hall–Kier alpha value is -2.45. The highest BCUT2D eigenvalue weighted by molar-refractivity contribution is 5.96. The number of pyridine rings is 1. The maximum absolute atomic E-state index is 12.6. The second kappa shape index (κ2) is 8.29. The third kappa shape index (κ3) is 3.71. The van der Waals surface area contributed by atoms with Gasteiger partial charge in [-0.05, 0) is 18.7 Å². The Labute approximate surface area is 153 Å². The number of methoxy groups -OCH3 is 1. The average Bonchev–Trinajstić information content (AvgIpc) is 3.11. The summed E-state index contributed by atoms with van der Waals surface area (Å²) in [6.45, 7) is 4.92. The van der Waals surface area contributed by atoms with Gasteiger partial charge in [0.2, 0.25) is 5.88 Å². The molecule has 2 aromatic rings. The largest absolute Gasteiger partial charge is 0.480 e. The first-order valence-electron chi connectivity index (χ1n) is 8.74. The molecule has 2 aromatic heterocycles. The molecule has 0 spiro atoms.